The quantitative estimate of drug-likeness (QED) is 0.712. The van der Waals surface area contributed by atoms with Crippen LogP contribution in [0.15, 0.2) is 6.20 Å². The van der Waals surface area contributed by atoms with Gasteiger partial charge in [-0.05, 0) is 0 Å². The minimum Gasteiger partial charge on any atom is -0.480 e. The van der Waals surface area contributed by atoms with Crippen LogP contribution in [0.4, 0.5) is 4.79 Å². The molecule has 2 rings (SSSR count). The van der Waals surface area contributed by atoms with E-state index >= 15 is 0 Å². The van der Waals surface area contributed by atoms with Crippen molar-refractivity contribution in [3.05, 3.63) is 11.9 Å². The summed E-state index contributed by atoms with van der Waals surface area (Å²) in [5.74, 6) is -1.02. The van der Waals surface area contributed by atoms with E-state index in [9.17, 15) is 9.59 Å². The van der Waals surface area contributed by atoms with Crippen molar-refractivity contribution in [3.8, 4) is 6.07 Å². The number of morpholine rings is 1. The van der Waals surface area contributed by atoms with Gasteiger partial charge in [-0.1, -0.05) is 5.21 Å². The van der Waals surface area contributed by atoms with Crippen LogP contribution in [-0.4, -0.2) is 62.8 Å². The number of carboxylic acids is 1. The van der Waals surface area contributed by atoms with Crippen LogP contribution in [0.25, 0.3) is 0 Å². The molecular formula is C11H14N6O4. The lowest BCUT2D eigenvalue weighted by Crippen LogP contribution is -2.49. The van der Waals surface area contributed by atoms with Gasteiger partial charge in [-0.2, -0.15) is 5.26 Å². The zero-order chi connectivity index (χ0) is 15.2. The highest BCUT2D eigenvalue weighted by molar-refractivity contribution is 5.74. The van der Waals surface area contributed by atoms with Gasteiger partial charge < -0.3 is 20.1 Å². The lowest BCUT2D eigenvalue weighted by molar-refractivity contribution is -0.137. The fourth-order valence-corrected chi connectivity index (χ4v) is 1.83. The Morgan fingerprint density at radius 2 is 2.43 bits per heavy atom. The fourth-order valence-electron chi connectivity index (χ4n) is 1.83. The molecule has 0 bridgehead atoms. The van der Waals surface area contributed by atoms with Gasteiger partial charge in [0.2, 0.25) is 0 Å². The largest absolute Gasteiger partial charge is 0.480 e. The number of hydrogen-bond acceptors (Lipinski definition) is 6. The lowest BCUT2D eigenvalue weighted by atomic mass is 10.3. The van der Waals surface area contributed by atoms with Gasteiger partial charge in [0.25, 0.3) is 0 Å². The molecule has 0 saturated carbocycles. The van der Waals surface area contributed by atoms with E-state index in [0.717, 1.165) is 0 Å². The minimum absolute atomic E-state index is 0.132. The Morgan fingerprint density at radius 1 is 1.62 bits per heavy atom. The molecule has 112 valence electrons. The summed E-state index contributed by atoms with van der Waals surface area (Å²) in [6.07, 6.45) is 0.840. The number of carbonyl (C=O) groups excluding carboxylic acids is 1. The number of urea groups is 1. The summed E-state index contributed by atoms with van der Waals surface area (Å²) in [6.45, 7) is 0.797. The molecule has 1 aliphatic heterocycles. The average Bonchev–Trinajstić information content (AvgIpc) is 2.91. The normalized spacial score (nSPS) is 18.0. The summed E-state index contributed by atoms with van der Waals surface area (Å²) in [4.78, 5) is 23.9. The number of ether oxygens (including phenoxy) is 1. The van der Waals surface area contributed by atoms with Crippen molar-refractivity contribution in [2.75, 3.05) is 19.7 Å². The predicted molar refractivity (Wildman–Crippen MR) is 66.8 cm³/mol. The maximum Gasteiger partial charge on any atom is 0.325 e. The van der Waals surface area contributed by atoms with Crippen molar-refractivity contribution < 1.29 is 19.4 Å². The SMILES string of the molecule is N#CC1CN(C(=O)NCc2cn(CC(=O)O)nn2)CCO1. The zero-order valence-electron chi connectivity index (χ0n) is 11.1. The number of nitrogens with one attached hydrogen (secondary N) is 1. The second kappa shape index (κ2) is 6.67. The highest BCUT2D eigenvalue weighted by Crippen LogP contribution is 2.04. The highest BCUT2D eigenvalue weighted by Gasteiger charge is 2.23. The van der Waals surface area contributed by atoms with E-state index < -0.39 is 12.1 Å². The number of carbonyl (C=O) groups is 2. The Hall–Kier alpha value is -2.67. The first kappa shape index (κ1) is 14.7. The number of carboxylic acid groups (broad SMARTS) is 1. The molecule has 1 atom stereocenters. The first-order valence-corrected chi connectivity index (χ1v) is 6.23. The Labute approximate surface area is 119 Å². The summed E-state index contributed by atoms with van der Waals surface area (Å²) in [5.41, 5.74) is 0.453. The van der Waals surface area contributed by atoms with Gasteiger partial charge in [0, 0.05) is 6.54 Å². The van der Waals surface area contributed by atoms with Crippen LogP contribution in [0.3, 0.4) is 0 Å². The first-order chi connectivity index (χ1) is 10.1. The van der Waals surface area contributed by atoms with Gasteiger partial charge >= 0.3 is 12.0 Å². The van der Waals surface area contributed by atoms with Crippen molar-refractivity contribution >= 4 is 12.0 Å². The maximum absolute atomic E-state index is 11.9. The molecule has 2 N–H and O–H groups in total. The molecule has 0 aromatic carbocycles. The highest BCUT2D eigenvalue weighted by atomic mass is 16.5. The second-order valence-electron chi connectivity index (χ2n) is 4.39. The monoisotopic (exact) mass is 294 g/mol. The van der Waals surface area contributed by atoms with Crippen LogP contribution >= 0.6 is 0 Å². The molecule has 1 saturated heterocycles. The molecule has 2 heterocycles. The Balaban J connectivity index is 1.82. The average molecular weight is 294 g/mol. The smallest absolute Gasteiger partial charge is 0.325 e. The third-order valence-electron chi connectivity index (χ3n) is 2.80. The number of nitriles is 1. The molecule has 10 nitrogen and oxygen atoms in total. The molecule has 1 unspecified atom stereocenters. The van der Waals surface area contributed by atoms with E-state index in [-0.39, 0.29) is 25.7 Å². The van der Waals surface area contributed by atoms with Gasteiger partial charge in [0.1, 0.15) is 12.2 Å². The second-order valence-corrected chi connectivity index (χ2v) is 4.39. The van der Waals surface area contributed by atoms with Gasteiger partial charge in [0.15, 0.2) is 6.10 Å². The number of hydrogen-bond donors (Lipinski definition) is 2. The molecule has 1 aromatic heterocycles. The third-order valence-corrected chi connectivity index (χ3v) is 2.80. The topological polar surface area (TPSA) is 133 Å². The van der Waals surface area contributed by atoms with E-state index in [1.807, 2.05) is 6.07 Å². The first-order valence-electron chi connectivity index (χ1n) is 6.23. The molecular weight excluding hydrogens is 280 g/mol. The van der Waals surface area contributed by atoms with Crippen molar-refractivity contribution in [1.29, 1.82) is 5.26 Å². The van der Waals surface area contributed by atoms with E-state index in [1.165, 1.54) is 15.8 Å². The standard InChI is InChI=1S/C11H14N6O4/c12-3-9-6-16(1-2-21-9)11(20)13-4-8-5-17(15-14-8)7-10(18)19/h5,9H,1-2,4,6-7H2,(H,13,20)(H,18,19). The van der Waals surface area contributed by atoms with Gasteiger partial charge in [-0.25, -0.2) is 9.48 Å². The van der Waals surface area contributed by atoms with Crippen LogP contribution in [0.2, 0.25) is 0 Å². The van der Waals surface area contributed by atoms with Gasteiger partial charge in [-0.15, -0.1) is 5.10 Å². The van der Waals surface area contributed by atoms with Crippen LogP contribution in [0, 0.1) is 11.3 Å². The Morgan fingerprint density at radius 3 is 3.14 bits per heavy atom. The maximum atomic E-state index is 11.9. The van der Waals surface area contributed by atoms with Gasteiger partial charge in [-0.3, -0.25) is 4.79 Å². The summed E-state index contributed by atoms with van der Waals surface area (Å²) in [5, 5.41) is 27.4. The van der Waals surface area contributed by atoms with Crippen molar-refractivity contribution in [1.82, 2.24) is 25.2 Å². The van der Waals surface area contributed by atoms with Crippen LogP contribution in [0.5, 0.6) is 0 Å². The molecule has 21 heavy (non-hydrogen) atoms. The predicted octanol–water partition coefficient (Wildman–Crippen LogP) is -1.20. The van der Waals surface area contributed by atoms with Crippen LogP contribution in [0.1, 0.15) is 5.69 Å². The Bertz CT molecular complexity index is 565. The van der Waals surface area contributed by atoms with Gasteiger partial charge in [0.05, 0.1) is 32.0 Å². The van der Waals surface area contributed by atoms with E-state index in [4.69, 9.17) is 15.1 Å². The summed E-state index contributed by atoms with van der Waals surface area (Å²) >= 11 is 0. The van der Waals surface area contributed by atoms with E-state index in [2.05, 4.69) is 15.6 Å². The molecule has 1 aliphatic rings. The van der Waals surface area contributed by atoms with Crippen molar-refractivity contribution in [2.24, 2.45) is 0 Å². The molecule has 0 radical (unpaired) electrons. The molecule has 2 amide bonds. The third kappa shape index (κ3) is 4.15. The zero-order valence-corrected chi connectivity index (χ0v) is 11.1. The number of rotatable bonds is 4. The number of aliphatic carboxylic acids is 1. The number of aromatic nitrogens is 3. The van der Waals surface area contributed by atoms with E-state index in [1.54, 1.807) is 0 Å². The number of amides is 2. The molecule has 0 spiro atoms. The Kier molecular flexibility index (Phi) is 4.68. The molecule has 1 aromatic rings. The summed E-state index contributed by atoms with van der Waals surface area (Å²) in [7, 11) is 0. The minimum atomic E-state index is -1.02. The van der Waals surface area contributed by atoms with E-state index in [0.29, 0.717) is 18.8 Å². The van der Waals surface area contributed by atoms with Crippen LogP contribution < -0.4 is 5.32 Å². The molecule has 10 heteroatoms. The fraction of sp³-hybridized carbons (Fsp3) is 0.545. The summed E-state index contributed by atoms with van der Waals surface area (Å²) < 4.78 is 6.32. The molecule has 1 fully saturated rings. The summed E-state index contributed by atoms with van der Waals surface area (Å²) in [6, 6.07) is 1.63. The lowest BCUT2D eigenvalue weighted by Gasteiger charge is -2.29. The number of nitrogens with zero attached hydrogens (tertiary/aromatic N) is 5. The van der Waals surface area contributed by atoms with Crippen LogP contribution in [-0.2, 0) is 22.6 Å². The van der Waals surface area contributed by atoms with Crippen molar-refractivity contribution in [3.63, 3.8) is 0 Å². The van der Waals surface area contributed by atoms with Crippen molar-refractivity contribution in [2.45, 2.75) is 19.2 Å². The molecule has 0 aliphatic carbocycles.